The molecule has 180 valence electrons. The van der Waals surface area contributed by atoms with Crippen molar-refractivity contribution in [3.8, 4) is 0 Å². The van der Waals surface area contributed by atoms with Crippen LogP contribution in [0.15, 0.2) is 36.5 Å². The summed E-state index contributed by atoms with van der Waals surface area (Å²) in [5.41, 5.74) is 10.8. The fraction of sp³-hybridized carbons (Fsp3) is 0.533. The van der Waals surface area contributed by atoms with Gasteiger partial charge >= 0.3 is 0 Å². The first-order valence-corrected chi connectivity index (χ1v) is 13.6. The van der Waals surface area contributed by atoms with Gasteiger partial charge in [-0.05, 0) is 60.9 Å². The molecule has 5 rings (SSSR count). The van der Waals surface area contributed by atoms with Gasteiger partial charge in [-0.3, -0.25) is 0 Å². The smallest absolute Gasteiger partial charge is 0.107 e. The molecule has 0 aliphatic heterocycles. The lowest BCUT2D eigenvalue weighted by Crippen LogP contribution is -2.15. The number of hydrogen-bond acceptors (Lipinski definition) is 2. The van der Waals surface area contributed by atoms with Gasteiger partial charge in [0.15, 0.2) is 0 Å². The predicted molar refractivity (Wildman–Crippen MR) is 141 cm³/mol. The Labute approximate surface area is 204 Å². The maximum atomic E-state index is 4.88. The molecule has 1 atom stereocenters. The van der Waals surface area contributed by atoms with Crippen LogP contribution in [0.5, 0.6) is 0 Å². The lowest BCUT2D eigenvalue weighted by atomic mass is 9.92. The van der Waals surface area contributed by atoms with E-state index in [-0.39, 0.29) is 6.04 Å². The summed E-state index contributed by atoms with van der Waals surface area (Å²) in [4.78, 5) is 3.61. The summed E-state index contributed by atoms with van der Waals surface area (Å²) in [6, 6.07) is 11.3. The topological polar surface area (TPSA) is 46.5 Å². The van der Waals surface area contributed by atoms with Gasteiger partial charge < -0.3 is 4.98 Å². The molecule has 2 aliphatic rings. The van der Waals surface area contributed by atoms with Crippen molar-refractivity contribution in [1.29, 1.82) is 0 Å². The fourth-order valence-corrected chi connectivity index (χ4v) is 6.37. The number of allylic oxidation sites excluding steroid dienone is 2. The Hall–Kier alpha value is -2.62. The Morgan fingerprint density at radius 1 is 0.971 bits per heavy atom. The second-order valence-corrected chi connectivity index (χ2v) is 10.3. The van der Waals surface area contributed by atoms with Crippen molar-refractivity contribution in [2.75, 3.05) is 0 Å². The lowest BCUT2D eigenvalue weighted by Gasteiger charge is -2.21. The van der Waals surface area contributed by atoms with Crippen LogP contribution in [-0.4, -0.2) is 20.0 Å². The number of fused-ring (bicyclic) bond motifs is 1. The average Bonchev–Trinajstić information content (AvgIpc) is 3.56. The zero-order valence-electron chi connectivity index (χ0n) is 21.2. The lowest BCUT2D eigenvalue weighted by molar-refractivity contribution is 0.525. The van der Waals surface area contributed by atoms with Crippen molar-refractivity contribution >= 4 is 11.1 Å². The van der Waals surface area contributed by atoms with Gasteiger partial charge in [-0.1, -0.05) is 88.3 Å². The number of hydrogen-bond donors (Lipinski definition) is 1. The van der Waals surface area contributed by atoms with E-state index in [2.05, 4.69) is 67.0 Å². The minimum Gasteiger partial charge on any atom is -0.361 e. The van der Waals surface area contributed by atoms with E-state index >= 15 is 0 Å². The number of aryl methyl sites for hydroxylation is 1. The van der Waals surface area contributed by atoms with Crippen LogP contribution in [0.1, 0.15) is 124 Å². The molecule has 0 amide bonds. The first kappa shape index (κ1) is 23.1. The molecular formula is C30H40N4. The van der Waals surface area contributed by atoms with Crippen LogP contribution in [0.4, 0.5) is 0 Å². The van der Waals surface area contributed by atoms with Crippen molar-refractivity contribution in [2.45, 2.75) is 103 Å². The third-order valence-corrected chi connectivity index (χ3v) is 8.11. The Bertz CT molecular complexity index is 1140. The molecule has 4 heteroatoms. The average molecular weight is 457 g/mol. The predicted octanol–water partition coefficient (Wildman–Crippen LogP) is 8.01. The molecule has 34 heavy (non-hydrogen) atoms. The molecule has 0 bridgehead atoms. The highest BCUT2D eigenvalue weighted by Gasteiger charge is 2.36. The molecule has 0 spiro atoms. The zero-order valence-corrected chi connectivity index (χ0v) is 21.2. The normalized spacial score (nSPS) is 19.7. The highest BCUT2D eigenvalue weighted by Crippen LogP contribution is 2.50. The van der Waals surface area contributed by atoms with E-state index in [9.17, 15) is 0 Å². The quantitative estimate of drug-likeness (QED) is 0.408. The summed E-state index contributed by atoms with van der Waals surface area (Å²) < 4.78 is 2.25. The SMILES string of the molecule is CCCC1=C(c2[nH]ccc2CC)C(n2nnc(C3CCCCCCCC3)c2C)c2ccccc21. The number of aromatic nitrogens is 4. The molecule has 4 nitrogen and oxygen atoms in total. The second kappa shape index (κ2) is 10.3. The highest BCUT2D eigenvalue weighted by molar-refractivity contribution is 5.99. The third kappa shape index (κ3) is 4.16. The molecule has 1 unspecified atom stereocenters. The first-order valence-electron chi connectivity index (χ1n) is 13.6. The van der Waals surface area contributed by atoms with Crippen molar-refractivity contribution in [2.24, 2.45) is 0 Å². The first-order chi connectivity index (χ1) is 16.7. The summed E-state index contributed by atoms with van der Waals surface area (Å²) >= 11 is 0. The maximum absolute atomic E-state index is 4.88. The number of rotatable bonds is 6. The van der Waals surface area contributed by atoms with Gasteiger partial charge in [0.2, 0.25) is 0 Å². The summed E-state index contributed by atoms with van der Waals surface area (Å²) in [6.07, 6.45) is 16.0. The van der Waals surface area contributed by atoms with Gasteiger partial charge in [-0.15, -0.1) is 5.10 Å². The molecule has 0 saturated heterocycles. The third-order valence-electron chi connectivity index (χ3n) is 8.11. The van der Waals surface area contributed by atoms with Crippen molar-refractivity contribution in [3.05, 3.63) is 70.3 Å². The highest BCUT2D eigenvalue weighted by atomic mass is 15.4. The standard InChI is InChI=1S/C30H40N4/c1-4-14-25-24-17-12-13-18-26(24)30(27(25)29-22(5-2)19-20-31-29)34-21(3)28(32-33-34)23-15-10-8-6-7-9-11-16-23/h12-13,17-20,23,30-31H,4-11,14-16H2,1-3H3. The number of nitrogens with zero attached hydrogens (tertiary/aromatic N) is 3. The van der Waals surface area contributed by atoms with Crippen LogP contribution < -0.4 is 0 Å². The molecule has 1 N–H and O–H groups in total. The molecular weight excluding hydrogens is 416 g/mol. The molecule has 2 heterocycles. The monoisotopic (exact) mass is 456 g/mol. The minimum atomic E-state index is 0.0827. The largest absolute Gasteiger partial charge is 0.361 e. The minimum absolute atomic E-state index is 0.0827. The van der Waals surface area contributed by atoms with Crippen molar-refractivity contribution in [3.63, 3.8) is 0 Å². The number of nitrogens with one attached hydrogen (secondary N) is 1. The fourth-order valence-electron chi connectivity index (χ4n) is 6.37. The van der Waals surface area contributed by atoms with Crippen LogP contribution in [0.2, 0.25) is 0 Å². The van der Waals surface area contributed by atoms with Crippen LogP contribution in [0.3, 0.4) is 0 Å². The van der Waals surface area contributed by atoms with Gasteiger partial charge in [0.05, 0.1) is 11.4 Å². The summed E-state index contributed by atoms with van der Waals surface area (Å²) in [5.74, 6) is 0.544. The van der Waals surface area contributed by atoms with Gasteiger partial charge in [-0.2, -0.15) is 0 Å². The van der Waals surface area contributed by atoms with E-state index < -0.39 is 0 Å². The van der Waals surface area contributed by atoms with E-state index in [0.717, 1.165) is 19.3 Å². The Kier molecular flexibility index (Phi) is 7.03. The molecule has 2 aromatic heterocycles. The Morgan fingerprint density at radius 2 is 1.71 bits per heavy atom. The van der Waals surface area contributed by atoms with Crippen LogP contribution in [0.25, 0.3) is 11.1 Å². The van der Waals surface area contributed by atoms with Crippen LogP contribution >= 0.6 is 0 Å². The van der Waals surface area contributed by atoms with E-state index in [0.29, 0.717) is 5.92 Å². The second-order valence-electron chi connectivity index (χ2n) is 10.3. The van der Waals surface area contributed by atoms with E-state index in [1.54, 1.807) is 0 Å². The molecule has 0 radical (unpaired) electrons. The van der Waals surface area contributed by atoms with E-state index in [1.165, 1.54) is 96.3 Å². The summed E-state index contributed by atoms with van der Waals surface area (Å²) in [6.45, 7) is 6.79. The van der Waals surface area contributed by atoms with E-state index in [1.807, 2.05) is 0 Å². The molecule has 3 aromatic rings. The Morgan fingerprint density at radius 3 is 2.44 bits per heavy atom. The van der Waals surface area contributed by atoms with Gasteiger partial charge in [0.25, 0.3) is 0 Å². The van der Waals surface area contributed by atoms with Crippen LogP contribution in [-0.2, 0) is 6.42 Å². The number of H-pyrrole nitrogens is 1. The maximum Gasteiger partial charge on any atom is 0.107 e. The zero-order chi connectivity index (χ0) is 23.5. The van der Waals surface area contributed by atoms with E-state index in [4.69, 9.17) is 10.3 Å². The van der Waals surface area contributed by atoms with Gasteiger partial charge in [0.1, 0.15) is 6.04 Å². The molecule has 2 aliphatic carbocycles. The van der Waals surface area contributed by atoms with Crippen molar-refractivity contribution in [1.82, 2.24) is 20.0 Å². The Balaban J connectivity index is 1.62. The van der Waals surface area contributed by atoms with Gasteiger partial charge in [0, 0.05) is 23.4 Å². The summed E-state index contributed by atoms with van der Waals surface area (Å²) in [7, 11) is 0. The van der Waals surface area contributed by atoms with Crippen LogP contribution in [0, 0.1) is 6.92 Å². The number of aromatic amines is 1. The van der Waals surface area contributed by atoms with Crippen molar-refractivity contribution < 1.29 is 0 Å². The molecule has 1 saturated carbocycles. The number of benzene rings is 1. The molecule has 1 fully saturated rings. The molecule has 1 aromatic carbocycles. The summed E-state index contributed by atoms with van der Waals surface area (Å²) in [5, 5.41) is 9.75. The van der Waals surface area contributed by atoms with Gasteiger partial charge in [-0.25, -0.2) is 4.68 Å².